The molecule has 0 bridgehead atoms. The number of carbonyl (C=O) groups is 1. The van der Waals surface area contributed by atoms with Crippen LogP contribution in [-0.2, 0) is 27.5 Å². The average molecular weight is 257 g/mol. The molecule has 0 spiro atoms. The van der Waals surface area contributed by atoms with E-state index < -0.39 is 9.84 Å². The lowest BCUT2D eigenvalue weighted by Crippen LogP contribution is -2.08. The molecule has 0 N–H and O–H groups in total. The smallest absolute Gasteiger partial charge is 0.194 e. The van der Waals surface area contributed by atoms with Gasteiger partial charge in [-0.15, -0.1) is 0 Å². The molecule has 0 aromatic carbocycles. The minimum absolute atomic E-state index is 0.0355. The van der Waals surface area contributed by atoms with E-state index in [9.17, 15) is 13.2 Å². The number of hydrogen-bond acceptors (Lipinski definition) is 5. The highest BCUT2D eigenvalue weighted by Crippen LogP contribution is 2.22. The van der Waals surface area contributed by atoms with Crippen LogP contribution in [0.15, 0.2) is 10.7 Å². The highest BCUT2D eigenvalue weighted by molar-refractivity contribution is 7.91. The van der Waals surface area contributed by atoms with Gasteiger partial charge in [0.05, 0.1) is 23.6 Å². The molecular weight excluding hydrogens is 242 g/mol. The van der Waals surface area contributed by atoms with Gasteiger partial charge in [0, 0.05) is 6.42 Å². The quantitative estimate of drug-likeness (QED) is 0.796. The second kappa shape index (κ2) is 4.60. The van der Waals surface area contributed by atoms with E-state index in [1.807, 2.05) is 0 Å². The monoisotopic (exact) mass is 257 g/mol. The second-order valence-electron chi connectivity index (χ2n) is 4.58. The Labute approximate surface area is 100 Å². The van der Waals surface area contributed by atoms with E-state index in [4.69, 9.17) is 4.42 Å². The number of oxazole rings is 1. The molecule has 17 heavy (non-hydrogen) atoms. The molecule has 0 aliphatic carbocycles. The molecule has 6 heteroatoms. The highest BCUT2D eigenvalue weighted by Gasteiger charge is 2.29. The summed E-state index contributed by atoms with van der Waals surface area (Å²) in [5, 5.41) is 0. The molecule has 94 valence electrons. The van der Waals surface area contributed by atoms with Crippen molar-refractivity contribution in [2.45, 2.75) is 26.2 Å². The summed E-state index contributed by atoms with van der Waals surface area (Å²) >= 11 is 0. The molecule has 1 saturated heterocycles. The van der Waals surface area contributed by atoms with Crippen LogP contribution in [0.3, 0.4) is 0 Å². The summed E-state index contributed by atoms with van der Waals surface area (Å²) in [6.07, 6.45) is 2.95. The first kappa shape index (κ1) is 12.3. The highest BCUT2D eigenvalue weighted by atomic mass is 32.2. The van der Waals surface area contributed by atoms with Crippen molar-refractivity contribution in [3.8, 4) is 0 Å². The van der Waals surface area contributed by atoms with Gasteiger partial charge in [-0.3, -0.25) is 4.79 Å². The second-order valence-corrected chi connectivity index (χ2v) is 6.81. The molecule has 0 radical (unpaired) electrons. The number of nitrogens with zero attached hydrogens (tertiary/aromatic N) is 1. The van der Waals surface area contributed by atoms with Gasteiger partial charge in [0.15, 0.2) is 15.7 Å². The predicted octanol–water partition coefficient (Wildman–Crippen LogP) is 0.783. The third-order valence-corrected chi connectivity index (χ3v) is 4.66. The summed E-state index contributed by atoms with van der Waals surface area (Å²) in [5.74, 6) is 1.15. The Bertz CT molecular complexity index is 517. The molecule has 1 aromatic heterocycles. The zero-order valence-electron chi connectivity index (χ0n) is 9.68. The summed E-state index contributed by atoms with van der Waals surface area (Å²) in [4.78, 5) is 15.1. The van der Waals surface area contributed by atoms with E-state index in [1.54, 1.807) is 0 Å². The molecule has 5 nitrogen and oxygen atoms in total. The maximum Gasteiger partial charge on any atom is 0.194 e. The van der Waals surface area contributed by atoms with Gasteiger partial charge >= 0.3 is 0 Å². The van der Waals surface area contributed by atoms with Gasteiger partial charge < -0.3 is 4.42 Å². The van der Waals surface area contributed by atoms with Crippen molar-refractivity contribution >= 4 is 15.6 Å². The van der Waals surface area contributed by atoms with Gasteiger partial charge in [0.1, 0.15) is 12.0 Å². The Morgan fingerprint density at radius 3 is 2.94 bits per heavy atom. The molecule has 1 aliphatic heterocycles. The Balaban J connectivity index is 1.96. The minimum Gasteiger partial charge on any atom is -0.449 e. The summed E-state index contributed by atoms with van der Waals surface area (Å²) in [5.41, 5.74) is 0.619. The van der Waals surface area contributed by atoms with E-state index in [0.29, 0.717) is 24.4 Å². The molecule has 0 amide bonds. The Hall–Kier alpha value is -1.17. The lowest BCUT2D eigenvalue weighted by Gasteiger charge is -2.02. The van der Waals surface area contributed by atoms with Crippen LogP contribution in [0.1, 0.15) is 24.9 Å². The molecule has 1 fully saturated rings. The van der Waals surface area contributed by atoms with Crippen LogP contribution >= 0.6 is 0 Å². The lowest BCUT2D eigenvalue weighted by molar-refractivity contribution is -0.116. The molecule has 1 aromatic rings. The fourth-order valence-electron chi connectivity index (χ4n) is 2.06. The molecule has 1 unspecified atom stereocenters. The summed E-state index contributed by atoms with van der Waals surface area (Å²) < 4.78 is 27.8. The standard InChI is InChI=1S/C11H15NO4S/c1-8(13)4-10-6-16-11(12-10)5-9-2-3-17(14,15)7-9/h6,9H,2-5,7H2,1H3. The number of hydrogen-bond donors (Lipinski definition) is 0. The largest absolute Gasteiger partial charge is 0.449 e. The first-order valence-corrected chi connectivity index (χ1v) is 7.40. The van der Waals surface area contributed by atoms with Gasteiger partial charge in [-0.25, -0.2) is 13.4 Å². The van der Waals surface area contributed by atoms with Gasteiger partial charge in [-0.2, -0.15) is 0 Å². The van der Waals surface area contributed by atoms with E-state index in [-0.39, 0.29) is 29.6 Å². The van der Waals surface area contributed by atoms with Crippen LogP contribution in [0.5, 0.6) is 0 Å². The number of ketones is 1. The van der Waals surface area contributed by atoms with E-state index >= 15 is 0 Å². The maximum atomic E-state index is 11.3. The number of carbonyl (C=O) groups excluding carboxylic acids is 1. The van der Waals surface area contributed by atoms with Gasteiger partial charge in [-0.1, -0.05) is 0 Å². The number of rotatable bonds is 4. The summed E-state index contributed by atoms with van der Waals surface area (Å²) in [6, 6.07) is 0. The van der Waals surface area contributed by atoms with Crippen LogP contribution in [0.4, 0.5) is 0 Å². The Morgan fingerprint density at radius 1 is 1.59 bits per heavy atom. The van der Waals surface area contributed by atoms with Crippen molar-refractivity contribution in [3.05, 3.63) is 17.8 Å². The minimum atomic E-state index is -2.85. The summed E-state index contributed by atoms with van der Waals surface area (Å²) in [7, 11) is -2.85. The molecule has 2 heterocycles. The van der Waals surface area contributed by atoms with E-state index in [1.165, 1.54) is 13.2 Å². The van der Waals surface area contributed by atoms with Crippen molar-refractivity contribution in [1.29, 1.82) is 0 Å². The lowest BCUT2D eigenvalue weighted by atomic mass is 10.1. The van der Waals surface area contributed by atoms with Crippen LogP contribution in [0.2, 0.25) is 0 Å². The third kappa shape index (κ3) is 3.39. The van der Waals surface area contributed by atoms with Crippen molar-refractivity contribution in [3.63, 3.8) is 0 Å². The predicted molar refractivity (Wildman–Crippen MR) is 61.4 cm³/mol. The zero-order chi connectivity index (χ0) is 12.5. The Kier molecular flexibility index (Phi) is 3.33. The number of sulfone groups is 1. The molecule has 1 aliphatic rings. The maximum absolute atomic E-state index is 11.3. The van der Waals surface area contributed by atoms with Crippen molar-refractivity contribution in [1.82, 2.24) is 4.98 Å². The number of aromatic nitrogens is 1. The first-order valence-electron chi connectivity index (χ1n) is 5.58. The SMILES string of the molecule is CC(=O)Cc1coc(CC2CCS(=O)(=O)C2)n1. The van der Waals surface area contributed by atoms with E-state index in [2.05, 4.69) is 4.98 Å². The topological polar surface area (TPSA) is 77.2 Å². The number of Topliss-reactive ketones (excluding diaryl/α,β-unsaturated/α-hetero) is 1. The van der Waals surface area contributed by atoms with Crippen LogP contribution < -0.4 is 0 Å². The van der Waals surface area contributed by atoms with Crippen LogP contribution in [0, 0.1) is 5.92 Å². The van der Waals surface area contributed by atoms with Gasteiger partial charge in [-0.05, 0) is 19.3 Å². The summed E-state index contributed by atoms with van der Waals surface area (Å²) in [6.45, 7) is 1.50. The fourth-order valence-corrected chi connectivity index (χ4v) is 3.92. The molecule has 1 atom stereocenters. The first-order chi connectivity index (χ1) is 7.94. The zero-order valence-corrected chi connectivity index (χ0v) is 10.5. The van der Waals surface area contributed by atoms with Crippen LogP contribution in [-0.4, -0.2) is 30.7 Å². The molecule has 0 saturated carbocycles. The third-order valence-electron chi connectivity index (χ3n) is 2.82. The van der Waals surface area contributed by atoms with Crippen molar-refractivity contribution in [2.75, 3.05) is 11.5 Å². The fraction of sp³-hybridized carbons (Fsp3) is 0.636. The normalized spacial score (nSPS) is 22.8. The van der Waals surface area contributed by atoms with Gasteiger partial charge in [0.2, 0.25) is 0 Å². The molecular formula is C11H15NO4S. The van der Waals surface area contributed by atoms with E-state index in [0.717, 1.165) is 0 Å². The van der Waals surface area contributed by atoms with Crippen molar-refractivity contribution in [2.24, 2.45) is 5.92 Å². The Morgan fingerprint density at radius 2 is 2.35 bits per heavy atom. The van der Waals surface area contributed by atoms with Crippen molar-refractivity contribution < 1.29 is 17.6 Å². The average Bonchev–Trinajstić information content (AvgIpc) is 2.73. The molecule has 2 rings (SSSR count). The van der Waals surface area contributed by atoms with Gasteiger partial charge in [0.25, 0.3) is 0 Å². The van der Waals surface area contributed by atoms with Crippen LogP contribution in [0.25, 0.3) is 0 Å².